The van der Waals surface area contributed by atoms with Gasteiger partial charge in [-0.25, -0.2) is 4.79 Å². The number of benzene rings is 1. The summed E-state index contributed by atoms with van der Waals surface area (Å²) in [5.74, 6) is -2.62. The molecule has 0 aliphatic heterocycles. The number of methoxy groups -OCH3 is 1. The molecule has 1 unspecified atom stereocenters. The topological polar surface area (TPSA) is 153 Å². The maximum Gasteiger partial charge on any atom is 0.425 e. The summed E-state index contributed by atoms with van der Waals surface area (Å²) in [4.78, 5) is 25.2. The lowest BCUT2D eigenvalue weighted by Crippen LogP contribution is -2.29. The molecule has 0 fully saturated rings. The molecule has 0 bridgehead atoms. The normalized spacial score (nSPS) is 11.6. The lowest BCUT2D eigenvalue weighted by Gasteiger charge is -2.16. The van der Waals surface area contributed by atoms with Gasteiger partial charge in [-0.05, 0) is 24.3 Å². The van der Waals surface area contributed by atoms with E-state index in [2.05, 4.69) is 0 Å². The molecular weight excluding hydrogens is 382 g/mol. The van der Waals surface area contributed by atoms with Crippen molar-refractivity contribution in [1.29, 1.82) is 0 Å². The van der Waals surface area contributed by atoms with Crippen LogP contribution in [0.2, 0.25) is 0 Å². The van der Waals surface area contributed by atoms with Crippen LogP contribution in [0.4, 0.5) is 4.79 Å². The second-order valence-electron chi connectivity index (χ2n) is 5.31. The van der Waals surface area contributed by atoms with Crippen molar-refractivity contribution in [2.45, 2.75) is 0 Å². The van der Waals surface area contributed by atoms with E-state index < -0.39 is 46.3 Å². The van der Waals surface area contributed by atoms with Crippen molar-refractivity contribution < 1.29 is 38.0 Å². The van der Waals surface area contributed by atoms with Gasteiger partial charge in [0.15, 0.2) is 11.4 Å². The van der Waals surface area contributed by atoms with Crippen LogP contribution in [0.25, 0.3) is 5.69 Å². The molecule has 146 valence electrons. The van der Waals surface area contributed by atoms with E-state index in [1.807, 2.05) is 0 Å². The first kappa shape index (κ1) is 20.1. The molecule has 1 aromatic carbocycles. The van der Waals surface area contributed by atoms with Crippen LogP contribution in [-0.4, -0.2) is 61.6 Å². The summed E-state index contributed by atoms with van der Waals surface area (Å²) in [6, 6.07) is 6.01. The maximum atomic E-state index is 12.5. The number of aromatic nitrogens is 1. The SMILES string of the molecule is COc1ccc(-n2c(OC(=O)NS(=O)[O-])c(O)c(O)c2C(=O)N(C)C)cc1. The van der Waals surface area contributed by atoms with E-state index in [0.29, 0.717) is 5.75 Å². The van der Waals surface area contributed by atoms with Crippen molar-refractivity contribution >= 4 is 23.3 Å². The van der Waals surface area contributed by atoms with E-state index in [9.17, 15) is 28.6 Å². The Morgan fingerprint density at radius 2 is 1.78 bits per heavy atom. The molecule has 2 amide bonds. The van der Waals surface area contributed by atoms with Crippen LogP contribution in [0.5, 0.6) is 23.1 Å². The van der Waals surface area contributed by atoms with Crippen molar-refractivity contribution in [3.8, 4) is 28.8 Å². The molecule has 0 aliphatic carbocycles. The Morgan fingerprint density at radius 1 is 1.19 bits per heavy atom. The van der Waals surface area contributed by atoms with Crippen LogP contribution in [0.15, 0.2) is 24.3 Å². The smallest absolute Gasteiger partial charge is 0.425 e. The molecule has 0 spiro atoms. The Morgan fingerprint density at radius 3 is 2.26 bits per heavy atom. The monoisotopic (exact) mass is 398 g/mol. The predicted molar refractivity (Wildman–Crippen MR) is 91.7 cm³/mol. The van der Waals surface area contributed by atoms with E-state index in [-0.39, 0.29) is 5.69 Å². The number of ether oxygens (including phenoxy) is 2. The largest absolute Gasteiger partial charge is 0.755 e. The van der Waals surface area contributed by atoms with Gasteiger partial charge < -0.3 is 29.1 Å². The second kappa shape index (κ2) is 7.97. The fraction of sp³-hybridized carbons (Fsp3) is 0.200. The molecule has 2 rings (SSSR count). The first-order valence-corrected chi connectivity index (χ1v) is 8.35. The zero-order chi connectivity index (χ0) is 20.3. The first-order chi connectivity index (χ1) is 12.7. The Hall–Kier alpha value is -3.25. The van der Waals surface area contributed by atoms with Gasteiger partial charge in [-0.15, -0.1) is 0 Å². The van der Waals surface area contributed by atoms with E-state index in [4.69, 9.17) is 9.47 Å². The molecule has 27 heavy (non-hydrogen) atoms. The standard InChI is InChI=1S/C15H17N3O8S/c1-17(2)13(21)10-11(19)12(20)14(26-15(22)16-27(23)24)18(10)8-4-6-9(25-3)7-5-8/h4-7,19-20H,1-3H3,(H,16,22)(H,23,24)/p-1. The van der Waals surface area contributed by atoms with Crippen LogP contribution < -0.4 is 14.2 Å². The van der Waals surface area contributed by atoms with Crippen molar-refractivity contribution in [1.82, 2.24) is 14.2 Å². The number of nitrogens with one attached hydrogen (secondary N) is 1. The number of rotatable bonds is 5. The van der Waals surface area contributed by atoms with Crippen molar-refractivity contribution in [2.75, 3.05) is 21.2 Å². The van der Waals surface area contributed by atoms with Crippen LogP contribution in [-0.2, 0) is 11.3 Å². The third kappa shape index (κ3) is 4.12. The van der Waals surface area contributed by atoms with Crippen LogP contribution in [0.3, 0.4) is 0 Å². The number of nitrogens with zero attached hydrogens (tertiary/aromatic N) is 2. The van der Waals surface area contributed by atoms with Gasteiger partial charge in [0.2, 0.25) is 5.75 Å². The second-order valence-corrected chi connectivity index (χ2v) is 5.98. The number of aromatic hydroxyl groups is 2. The van der Waals surface area contributed by atoms with Gasteiger partial charge in [0.05, 0.1) is 7.11 Å². The van der Waals surface area contributed by atoms with Crippen molar-refractivity contribution in [3.63, 3.8) is 0 Å². The predicted octanol–water partition coefficient (Wildman–Crippen LogP) is 0.481. The number of carbonyl (C=O) groups excluding carboxylic acids is 2. The highest BCUT2D eigenvalue weighted by Crippen LogP contribution is 2.44. The summed E-state index contributed by atoms with van der Waals surface area (Å²) in [6.45, 7) is 0. The zero-order valence-electron chi connectivity index (χ0n) is 14.5. The summed E-state index contributed by atoms with van der Waals surface area (Å²) in [5, 5.41) is 20.3. The lowest BCUT2D eigenvalue weighted by atomic mass is 10.2. The lowest BCUT2D eigenvalue weighted by molar-refractivity contribution is 0.0815. The minimum Gasteiger partial charge on any atom is -0.755 e. The van der Waals surface area contributed by atoms with E-state index in [0.717, 1.165) is 9.47 Å². The van der Waals surface area contributed by atoms with Gasteiger partial charge in [0, 0.05) is 31.0 Å². The summed E-state index contributed by atoms with van der Waals surface area (Å²) in [6.07, 6.45) is -1.45. The first-order valence-electron chi connectivity index (χ1n) is 7.27. The molecular formula is C15H16N3O8S-. The van der Waals surface area contributed by atoms with Crippen molar-refractivity contribution in [3.05, 3.63) is 30.0 Å². The summed E-state index contributed by atoms with van der Waals surface area (Å²) >= 11 is -2.97. The van der Waals surface area contributed by atoms with Gasteiger partial charge in [-0.2, -0.15) is 0 Å². The van der Waals surface area contributed by atoms with Gasteiger partial charge in [0.1, 0.15) is 5.75 Å². The Bertz CT molecular complexity index is 891. The third-order valence-electron chi connectivity index (χ3n) is 3.37. The minimum atomic E-state index is -2.97. The third-order valence-corrected chi connectivity index (χ3v) is 3.71. The molecule has 1 atom stereocenters. The molecule has 0 aliphatic rings. The highest BCUT2D eigenvalue weighted by atomic mass is 32.2. The Balaban J connectivity index is 2.67. The highest BCUT2D eigenvalue weighted by molar-refractivity contribution is 7.77. The number of carbonyl (C=O) groups is 2. The molecule has 11 nitrogen and oxygen atoms in total. The summed E-state index contributed by atoms with van der Waals surface area (Å²) in [5.41, 5.74) is -0.170. The van der Waals surface area contributed by atoms with Gasteiger partial charge in [-0.3, -0.25) is 18.3 Å². The molecule has 12 heteroatoms. The minimum absolute atomic E-state index is 0.225. The van der Waals surface area contributed by atoms with Gasteiger partial charge in [-0.1, -0.05) is 0 Å². The van der Waals surface area contributed by atoms with Gasteiger partial charge in [0.25, 0.3) is 11.8 Å². The molecule has 1 heterocycles. The zero-order valence-corrected chi connectivity index (χ0v) is 15.3. The average Bonchev–Trinajstić information content (AvgIpc) is 2.85. The molecule has 2 aromatic rings. The molecule has 3 N–H and O–H groups in total. The van der Waals surface area contributed by atoms with Gasteiger partial charge >= 0.3 is 6.09 Å². The van der Waals surface area contributed by atoms with Crippen molar-refractivity contribution in [2.24, 2.45) is 0 Å². The Kier molecular flexibility index (Phi) is 5.92. The maximum absolute atomic E-state index is 12.5. The molecule has 0 saturated heterocycles. The Labute approximate surface area is 156 Å². The molecule has 0 saturated carbocycles. The summed E-state index contributed by atoms with van der Waals surface area (Å²) in [7, 11) is 4.28. The fourth-order valence-corrected chi connectivity index (χ4v) is 2.36. The van der Waals surface area contributed by atoms with E-state index in [1.54, 1.807) is 0 Å². The average molecular weight is 398 g/mol. The highest BCUT2D eigenvalue weighted by Gasteiger charge is 2.31. The fourth-order valence-electron chi connectivity index (χ4n) is 2.18. The number of amides is 2. The number of hydrogen-bond donors (Lipinski definition) is 3. The van der Waals surface area contributed by atoms with E-state index in [1.165, 1.54) is 50.2 Å². The number of hydrogen-bond acceptors (Lipinski definition) is 8. The van der Waals surface area contributed by atoms with E-state index >= 15 is 0 Å². The molecule has 0 radical (unpaired) electrons. The quantitative estimate of drug-likeness (QED) is 0.615. The van der Waals surface area contributed by atoms with Crippen LogP contribution >= 0.6 is 0 Å². The summed E-state index contributed by atoms with van der Waals surface area (Å²) < 4.78 is 33.4. The molecule has 1 aromatic heterocycles. The van der Waals surface area contributed by atoms with Crippen LogP contribution in [0.1, 0.15) is 10.5 Å². The van der Waals surface area contributed by atoms with Crippen LogP contribution in [0, 0.1) is 0 Å².